The molecule has 200 valence electrons. The summed E-state index contributed by atoms with van der Waals surface area (Å²) >= 11 is 1.55. The summed E-state index contributed by atoms with van der Waals surface area (Å²) in [6, 6.07) is 4.88. The molecule has 4 rings (SSSR count). The molecule has 0 bridgehead atoms. The average Bonchev–Trinajstić information content (AvgIpc) is 3.25. The maximum atomic E-state index is 15.0. The summed E-state index contributed by atoms with van der Waals surface area (Å²) in [6.45, 7) is 9.01. The van der Waals surface area contributed by atoms with Crippen molar-refractivity contribution in [2.24, 2.45) is 5.41 Å². The maximum Gasteiger partial charge on any atom is 0.258 e. The van der Waals surface area contributed by atoms with E-state index in [0.29, 0.717) is 0 Å². The van der Waals surface area contributed by atoms with E-state index in [1.165, 1.54) is 4.90 Å². The molecule has 1 aliphatic carbocycles. The first-order chi connectivity index (χ1) is 17.3. The molecule has 7 nitrogen and oxygen atoms in total. The van der Waals surface area contributed by atoms with E-state index in [1.807, 2.05) is 31.2 Å². The van der Waals surface area contributed by atoms with E-state index in [-0.39, 0.29) is 25.8 Å². The van der Waals surface area contributed by atoms with E-state index >= 15 is 0 Å². The van der Waals surface area contributed by atoms with Gasteiger partial charge in [0, 0.05) is 6.54 Å². The predicted molar refractivity (Wildman–Crippen MR) is 138 cm³/mol. The van der Waals surface area contributed by atoms with Crippen molar-refractivity contribution < 1.29 is 23.2 Å². The first-order valence-corrected chi connectivity index (χ1v) is 13.4. The second-order valence-corrected chi connectivity index (χ2v) is 12.0. The number of carbonyl (C=O) groups excluding carboxylic acids is 3. The van der Waals surface area contributed by atoms with Crippen LogP contribution in [-0.2, 0) is 14.4 Å². The Kier molecular flexibility index (Phi) is 7.43. The van der Waals surface area contributed by atoms with E-state index in [9.17, 15) is 23.2 Å². The minimum atomic E-state index is -1.95. The fourth-order valence-electron chi connectivity index (χ4n) is 4.60. The van der Waals surface area contributed by atoms with Gasteiger partial charge in [0.2, 0.25) is 11.8 Å². The van der Waals surface area contributed by atoms with Gasteiger partial charge in [0.25, 0.3) is 5.91 Å². The fourth-order valence-corrected chi connectivity index (χ4v) is 5.42. The predicted octanol–water partition coefficient (Wildman–Crippen LogP) is 4.27. The number of likely N-dealkylation sites (tertiary alicyclic amines) is 1. The first-order valence-electron chi connectivity index (χ1n) is 12.6. The van der Waals surface area contributed by atoms with E-state index in [2.05, 4.69) is 15.6 Å². The molecule has 1 aromatic carbocycles. The van der Waals surface area contributed by atoms with Crippen LogP contribution in [0.5, 0.6) is 0 Å². The maximum absolute atomic E-state index is 15.0. The van der Waals surface area contributed by atoms with Crippen LogP contribution in [0.1, 0.15) is 64.3 Å². The number of hydrogen-bond acceptors (Lipinski definition) is 5. The van der Waals surface area contributed by atoms with Crippen LogP contribution in [0.3, 0.4) is 0 Å². The largest absolute Gasteiger partial charge is 0.348 e. The number of hydrogen-bond donors (Lipinski definition) is 2. The summed E-state index contributed by atoms with van der Waals surface area (Å²) in [7, 11) is 0. The zero-order valence-electron chi connectivity index (χ0n) is 21.8. The second-order valence-electron chi connectivity index (χ2n) is 11.1. The Labute approximate surface area is 220 Å². The molecule has 1 aliphatic heterocycles. The standard InChI is InChI=1S/C27H34F2N4O3S/c1-15(17-6-8-18(9-7-17)21-16(2)30-14-37-21)31-23(34)20-19(28)10-13-33(20)24(35)22(26(3,4)5)32-25(36)27(29)11-12-27/h6-9,14-15,19-20,22H,10-13H2,1-5H3,(H,31,34)(H,32,36)/t15-,19-,20-,22?/m0/s1. The van der Waals surface area contributed by atoms with Crippen LogP contribution in [0, 0.1) is 12.3 Å². The molecular formula is C27H34F2N4O3S. The topological polar surface area (TPSA) is 91.4 Å². The quantitative estimate of drug-likeness (QED) is 0.557. The van der Waals surface area contributed by atoms with Gasteiger partial charge in [-0.3, -0.25) is 14.4 Å². The lowest BCUT2D eigenvalue weighted by molar-refractivity contribution is -0.145. The molecule has 2 heterocycles. The monoisotopic (exact) mass is 532 g/mol. The highest BCUT2D eigenvalue weighted by molar-refractivity contribution is 7.13. The van der Waals surface area contributed by atoms with Crippen molar-refractivity contribution in [3.05, 3.63) is 41.0 Å². The molecule has 2 aromatic rings. The zero-order chi connectivity index (χ0) is 27.1. The number of aryl methyl sites for hydroxylation is 1. The van der Waals surface area contributed by atoms with Gasteiger partial charge in [0.15, 0.2) is 5.67 Å². The number of rotatable bonds is 7. The minimum Gasteiger partial charge on any atom is -0.348 e. The molecule has 3 amide bonds. The number of halogens is 2. The molecule has 37 heavy (non-hydrogen) atoms. The third kappa shape index (κ3) is 5.68. The number of carbonyl (C=O) groups is 3. The van der Waals surface area contributed by atoms with Gasteiger partial charge in [-0.2, -0.15) is 0 Å². The van der Waals surface area contributed by atoms with Gasteiger partial charge in [-0.15, -0.1) is 11.3 Å². The zero-order valence-corrected chi connectivity index (χ0v) is 22.6. The number of aromatic nitrogens is 1. The molecule has 2 fully saturated rings. The van der Waals surface area contributed by atoms with Crippen LogP contribution in [0.4, 0.5) is 8.78 Å². The van der Waals surface area contributed by atoms with E-state index in [1.54, 1.807) is 44.5 Å². The molecule has 1 aromatic heterocycles. The van der Waals surface area contributed by atoms with Gasteiger partial charge in [-0.05, 0) is 49.7 Å². The molecule has 0 radical (unpaired) electrons. The van der Waals surface area contributed by atoms with Crippen LogP contribution in [0.15, 0.2) is 29.8 Å². The van der Waals surface area contributed by atoms with Crippen molar-refractivity contribution in [3.63, 3.8) is 0 Å². The van der Waals surface area contributed by atoms with Crippen molar-refractivity contribution >= 4 is 29.1 Å². The van der Waals surface area contributed by atoms with Gasteiger partial charge in [0.05, 0.1) is 22.1 Å². The summed E-state index contributed by atoms with van der Waals surface area (Å²) in [5, 5.41) is 5.38. The normalized spacial score (nSPS) is 22.3. The minimum absolute atomic E-state index is 0.0129. The van der Waals surface area contributed by atoms with Crippen molar-refractivity contribution in [1.82, 2.24) is 20.5 Å². The number of nitrogens with one attached hydrogen (secondary N) is 2. The molecule has 10 heteroatoms. The smallest absolute Gasteiger partial charge is 0.258 e. The van der Waals surface area contributed by atoms with Gasteiger partial charge < -0.3 is 15.5 Å². The summed E-state index contributed by atoms with van der Waals surface area (Å²) in [6.07, 6.45) is -1.29. The highest BCUT2D eigenvalue weighted by Gasteiger charge is 2.53. The molecule has 2 N–H and O–H groups in total. The number of alkyl halides is 2. The Morgan fingerprint density at radius 3 is 2.35 bits per heavy atom. The lowest BCUT2D eigenvalue weighted by Crippen LogP contribution is -2.59. The van der Waals surface area contributed by atoms with Crippen molar-refractivity contribution in [2.75, 3.05) is 6.54 Å². The number of nitrogens with zero attached hydrogens (tertiary/aromatic N) is 2. The molecule has 1 saturated carbocycles. The van der Waals surface area contributed by atoms with Gasteiger partial charge in [-0.25, -0.2) is 13.8 Å². The highest BCUT2D eigenvalue weighted by atomic mass is 32.1. The number of benzene rings is 1. The SMILES string of the molecule is Cc1ncsc1-c1ccc([C@H](C)NC(=O)[C@@H]2[C@@H](F)CCN2C(=O)C(NC(=O)C2(F)CC2)C(C)(C)C)cc1. The molecule has 0 spiro atoms. The van der Waals surface area contributed by atoms with E-state index in [0.717, 1.165) is 21.7 Å². The second kappa shape index (κ2) is 10.1. The number of amides is 3. The van der Waals surface area contributed by atoms with E-state index < -0.39 is 53.1 Å². The van der Waals surface area contributed by atoms with Crippen molar-refractivity contribution in [3.8, 4) is 10.4 Å². The van der Waals surface area contributed by atoms with Gasteiger partial charge in [-0.1, -0.05) is 45.0 Å². The molecule has 4 atom stereocenters. The van der Waals surface area contributed by atoms with Crippen LogP contribution in [-0.4, -0.2) is 58.1 Å². The summed E-state index contributed by atoms with van der Waals surface area (Å²) < 4.78 is 29.3. The third-order valence-corrected chi connectivity index (χ3v) is 8.11. The van der Waals surface area contributed by atoms with Crippen molar-refractivity contribution in [2.45, 2.75) is 83.8 Å². The summed E-state index contributed by atoms with van der Waals surface area (Å²) in [5.74, 6) is -2.01. The molecule has 1 saturated heterocycles. The average molecular weight is 533 g/mol. The van der Waals surface area contributed by atoms with Crippen LogP contribution in [0.25, 0.3) is 10.4 Å². The van der Waals surface area contributed by atoms with Gasteiger partial charge in [0.1, 0.15) is 18.3 Å². The summed E-state index contributed by atoms with van der Waals surface area (Å²) in [4.78, 5) is 45.7. The number of thiazole rings is 1. The van der Waals surface area contributed by atoms with Crippen molar-refractivity contribution in [1.29, 1.82) is 0 Å². The van der Waals surface area contributed by atoms with E-state index in [4.69, 9.17) is 0 Å². The Morgan fingerprint density at radius 2 is 1.81 bits per heavy atom. The highest BCUT2D eigenvalue weighted by Crippen LogP contribution is 2.40. The van der Waals surface area contributed by atoms with Crippen LogP contribution < -0.4 is 10.6 Å². The molecule has 2 aliphatic rings. The lowest BCUT2D eigenvalue weighted by atomic mass is 9.85. The lowest BCUT2D eigenvalue weighted by Gasteiger charge is -2.36. The molecule has 1 unspecified atom stereocenters. The third-order valence-electron chi connectivity index (χ3n) is 7.14. The Hall–Kier alpha value is -2.88. The summed E-state index contributed by atoms with van der Waals surface area (Å²) in [5.41, 5.74) is 1.89. The Bertz CT molecular complexity index is 1170. The fraction of sp³-hybridized carbons (Fsp3) is 0.556. The van der Waals surface area contributed by atoms with Gasteiger partial charge >= 0.3 is 0 Å². The molecular weight excluding hydrogens is 498 g/mol. The first kappa shape index (κ1) is 27.2. The Balaban J connectivity index is 1.46. The Morgan fingerprint density at radius 1 is 1.16 bits per heavy atom. The van der Waals surface area contributed by atoms with Crippen LogP contribution >= 0.6 is 11.3 Å². The van der Waals surface area contributed by atoms with Crippen LogP contribution in [0.2, 0.25) is 0 Å².